The highest BCUT2D eigenvalue weighted by molar-refractivity contribution is 6.58. The maximum absolute atomic E-state index is 12.7. The second kappa shape index (κ2) is 16.0. The van der Waals surface area contributed by atoms with Gasteiger partial charge in [0, 0.05) is 7.05 Å². The van der Waals surface area contributed by atoms with E-state index < -0.39 is 12.9 Å². The van der Waals surface area contributed by atoms with Gasteiger partial charge < -0.3 is 10.0 Å². The van der Waals surface area contributed by atoms with Crippen LogP contribution in [0.3, 0.4) is 0 Å². The van der Waals surface area contributed by atoms with E-state index in [1.807, 2.05) is 0 Å². The van der Waals surface area contributed by atoms with E-state index in [0.717, 1.165) is 6.07 Å². The van der Waals surface area contributed by atoms with Crippen molar-refractivity contribution in [3.05, 3.63) is 55.9 Å². The van der Waals surface area contributed by atoms with Crippen LogP contribution in [0, 0.1) is 12.7 Å². The van der Waals surface area contributed by atoms with Gasteiger partial charge in [-0.3, -0.25) is 0 Å². The topological polar surface area (TPSA) is 69.9 Å². The number of aliphatic imine (C=N–C) groups is 1. The lowest BCUT2D eigenvalue weighted by Gasteiger charge is -2.00. The van der Waals surface area contributed by atoms with Crippen molar-refractivity contribution >= 4 is 18.7 Å². The van der Waals surface area contributed by atoms with Crippen molar-refractivity contribution in [1.29, 1.82) is 0 Å². The zero-order chi connectivity index (χ0) is 15.8. The van der Waals surface area contributed by atoms with Gasteiger partial charge in [-0.1, -0.05) is 12.1 Å². The molecule has 0 aliphatic carbocycles. The minimum Gasteiger partial charge on any atom is -0.423 e. The van der Waals surface area contributed by atoms with Crippen LogP contribution in [0.25, 0.3) is 0 Å². The molecule has 0 aliphatic heterocycles. The van der Waals surface area contributed by atoms with Gasteiger partial charge >= 0.3 is 7.12 Å². The van der Waals surface area contributed by atoms with Gasteiger partial charge in [-0.25, -0.2) is 14.2 Å². The van der Waals surface area contributed by atoms with Gasteiger partial charge in [0.1, 0.15) is 5.82 Å². The number of rotatable bonds is 1. The molecule has 0 heterocycles. The maximum atomic E-state index is 12.7. The molecule has 0 unspecified atom stereocenters. The largest absolute Gasteiger partial charge is 0.488 e. The molecule has 0 aliphatic rings. The number of hydrogen-bond donors (Lipinski definition) is 2. The molecule has 1 aromatic rings. The first-order chi connectivity index (χ1) is 9.02. The Labute approximate surface area is 113 Å². The van der Waals surface area contributed by atoms with Gasteiger partial charge in [-0.15, -0.1) is 26.3 Å². The van der Waals surface area contributed by atoms with Crippen LogP contribution >= 0.6 is 0 Å². The Balaban J connectivity index is -0.000000271. The maximum Gasteiger partial charge on any atom is 0.488 e. The summed E-state index contributed by atoms with van der Waals surface area (Å²) in [5, 5.41) is 17.3. The van der Waals surface area contributed by atoms with E-state index in [4.69, 9.17) is 14.8 Å². The molecule has 0 saturated carbocycles. The third-order valence-electron chi connectivity index (χ3n) is 1.59. The lowest BCUT2D eigenvalue weighted by molar-refractivity contribution is 0.425. The van der Waals surface area contributed by atoms with Crippen molar-refractivity contribution in [3.63, 3.8) is 0 Å². The predicted octanol–water partition coefficient (Wildman–Crippen LogP) is 1.37. The minimum absolute atomic E-state index is 0.174. The number of isocyanates is 1. The summed E-state index contributed by atoms with van der Waals surface area (Å²) >= 11 is 0. The van der Waals surface area contributed by atoms with Crippen molar-refractivity contribution in [2.45, 2.75) is 6.92 Å². The van der Waals surface area contributed by atoms with Crippen molar-refractivity contribution in [2.24, 2.45) is 4.99 Å². The molecular weight excluding hydrogens is 248 g/mol. The summed E-state index contributed by atoms with van der Waals surface area (Å²) in [6, 6.07) is 4.09. The Bertz CT molecular complexity index is 391. The van der Waals surface area contributed by atoms with Crippen molar-refractivity contribution in [3.8, 4) is 0 Å². The number of halogens is 1. The van der Waals surface area contributed by atoms with Crippen LogP contribution < -0.4 is 5.46 Å². The fourth-order valence-corrected chi connectivity index (χ4v) is 0.770. The fourth-order valence-electron chi connectivity index (χ4n) is 0.770. The monoisotopic (exact) mass is 267 g/mol. The van der Waals surface area contributed by atoms with Gasteiger partial charge in [0.05, 0.1) is 0 Å². The Kier molecular flexibility index (Phi) is 18.7. The van der Waals surface area contributed by atoms with Crippen LogP contribution in [-0.2, 0) is 4.79 Å². The smallest absolute Gasteiger partial charge is 0.423 e. The molecule has 0 radical (unpaired) electrons. The molecule has 6 heteroatoms. The van der Waals surface area contributed by atoms with E-state index in [2.05, 4.69) is 31.3 Å². The molecular formula is C13H19BFNO3. The third kappa shape index (κ3) is 12.2. The molecule has 104 valence electrons. The third-order valence-corrected chi connectivity index (χ3v) is 1.59. The molecule has 0 spiro atoms. The Morgan fingerprint density at radius 1 is 1.26 bits per heavy atom. The first-order valence-corrected chi connectivity index (χ1v) is 5.11. The van der Waals surface area contributed by atoms with Crippen LogP contribution in [-0.4, -0.2) is 30.3 Å². The average molecular weight is 267 g/mol. The Morgan fingerprint density at radius 2 is 1.68 bits per heavy atom. The molecule has 0 saturated heterocycles. The lowest BCUT2D eigenvalue weighted by Crippen LogP contribution is -2.30. The molecule has 0 amide bonds. The zero-order valence-electron chi connectivity index (χ0n) is 11.3. The minimum atomic E-state index is -1.59. The van der Waals surface area contributed by atoms with E-state index >= 15 is 0 Å². The summed E-state index contributed by atoms with van der Waals surface area (Å²) in [6.45, 7) is 13.6. The first-order valence-electron chi connectivity index (χ1n) is 5.11. The number of aryl methyl sites for hydroxylation is 1. The van der Waals surface area contributed by atoms with Gasteiger partial charge in [0.2, 0.25) is 6.08 Å². The number of nitrogens with zero attached hydrogens (tertiary/aromatic N) is 1. The molecule has 0 fully saturated rings. The van der Waals surface area contributed by atoms with Gasteiger partial charge in [-0.05, 0) is 24.0 Å². The molecule has 0 bridgehead atoms. The zero-order valence-corrected chi connectivity index (χ0v) is 11.3. The number of benzene rings is 1. The van der Waals surface area contributed by atoms with E-state index in [1.54, 1.807) is 6.92 Å². The van der Waals surface area contributed by atoms with E-state index in [1.165, 1.54) is 25.3 Å². The van der Waals surface area contributed by atoms with Crippen molar-refractivity contribution < 1.29 is 19.2 Å². The van der Waals surface area contributed by atoms with E-state index in [0.29, 0.717) is 5.56 Å². The molecule has 1 aromatic carbocycles. The van der Waals surface area contributed by atoms with Crippen LogP contribution in [0.5, 0.6) is 0 Å². The van der Waals surface area contributed by atoms with Crippen LogP contribution in [0.1, 0.15) is 5.56 Å². The molecule has 0 aromatic heterocycles. The number of hydrogen-bond acceptors (Lipinski definition) is 4. The highest BCUT2D eigenvalue weighted by Crippen LogP contribution is 2.01. The van der Waals surface area contributed by atoms with Crippen LogP contribution in [0.4, 0.5) is 4.39 Å². The molecule has 0 atom stereocenters. The highest BCUT2D eigenvalue weighted by Gasteiger charge is 2.11. The van der Waals surface area contributed by atoms with Crippen molar-refractivity contribution in [2.75, 3.05) is 7.05 Å². The summed E-state index contributed by atoms with van der Waals surface area (Å²) in [4.78, 5) is 11.8. The predicted molar refractivity (Wildman–Crippen MR) is 77.5 cm³/mol. The van der Waals surface area contributed by atoms with Crippen molar-refractivity contribution in [1.82, 2.24) is 0 Å². The van der Waals surface area contributed by atoms with Crippen LogP contribution in [0.2, 0.25) is 0 Å². The SMILES string of the molecule is C=C.C=C.CN=C=O.Cc1ccc(B(O)O)cc1F. The lowest BCUT2D eigenvalue weighted by atomic mass is 9.80. The Morgan fingerprint density at radius 3 is 1.95 bits per heavy atom. The van der Waals surface area contributed by atoms with E-state index in [9.17, 15) is 4.39 Å². The second-order valence-electron chi connectivity index (χ2n) is 2.70. The number of carbonyl (C=O) groups excluding carboxylic acids is 1. The standard InChI is InChI=1S/C7H8BFO2.C2H3NO.2C2H4/c1-5-2-3-6(8(10)11)4-7(5)9;1-3-2-4;2*1-2/h2-4,10-11H,1H3;1H3;2*1-2H2. The molecule has 2 N–H and O–H groups in total. The van der Waals surface area contributed by atoms with Gasteiger partial charge in [-0.2, -0.15) is 0 Å². The summed E-state index contributed by atoms with van der Waals surface area (Å²) in [7, 11) is -0.211. The summed E-state index contributed by atoms with van der Waals surface area (Å²) in [6.07, 6.45) is 1.31. The van der Waals surface area contributed by atoms with Gasteiger partial charge in [0.25, 0.3) is 0 Å². The normalized spacial score (nSPS) is 7.00. The van der Waals surface area contributed by atoms with E-state index in [-0.39, 0.29) is 5.46 Å². The fraction of sp³-hybridized carbons (Fsp3) is 0.154. The first kappa shape index (κ1) is 22.2. The molecule has 1 rings (SSSR count). The summed E-state index contributed by atoms with van der Waals surface area (Å²) in [5.74, 6) is -0.421. The summed E-state index contributed by atoms with van der Waals surface area (Å²) in [5.41, 5.74) is 0.669. The molecule has 4 nitrogen and oxygen atoms in total. The summed E-state index contributed by atoms with van der Waals surface area (Å²) < 4.78 is 12.7. The molecule has 19 heavy (non-hydrogen) atoms. The average Bonchev–Trinajstić information content (AvgIpc) is 2.46. The quantitative estimate of drug-likeness (QED) is 0.349. The highest BCUT2D eigenvalue weighted by atomic mass is 19.1. The van der Waals surface area contributed by atoms with Gasteiger partial charge in [0.15, 0.2) is 0 Å². The van der Waals surface area contributed by atoms with Crippen LogP contribution in [0.15, 0.2) is 49.5 Å². The second-order valence-corrected chi connectivity index (χ2v) is 2.70. The Hall–Kier alpha value is -2.01.